The Morgan fingerprint density at radius 1 is 1.35 bits per heavy atom. The van der Waals surface area contributed by atoms with Gasteiger partial charge in [0.1, 0.15) is 0 Å². The number of carbonyl (C=O) groups excluding carboxylic acids is 2. The fraction of sp³-hybridized carbons (Fsp3) is 0.556. The normalized spacial score (nSPS) is 18.0. The van der Waals surface area contributed by atoms with Crippen LogP contribution in [0.15, 0.2) is 30.3 Å². The van der Waals surface area contributed by atoms with Crippen LogP contribution in [0.25, 0.3) is 0 Å². The van der Waals surface area contributed by atoms with E-state index in [-0.39, 0.29) is 23.8 Å². The SMILES string of the molecule is CC(C)N1C[C@H](C(=O)NCCN(C)Cc2ccccc2)CC1=O. The van der Waals surface area contributed by atoms with E-state index in [1.165, 1.54) is 5.56 Å². The lowest BCUT2D eigenvalue weighted by atomic mass is 10.1. The Bertz CT molecular complexity index is 530. The number of hydrogen-bond acceptors (Lipinski definition) is 3. The van der Waals surface area contributed by atoms with Gasteiger partial charge in [-0.25, -0.2) is 0 Å². The van der Waals surface area contributed by atoms with E-state index >= 15 is 0 Å². The highest BCUT2D eigenvalue weighted by molar-refractivity contribution is 5.89. The minimum absolute atomic E-state index is 0.00499. The second kappa shape index (κ2) is 8.11. The molecule has 1 aromatic rings. The Labute approximate surface area is 138 Å². The Morgan fingerprint density at radius 2 is 2.04 bits per heavy atom. The van der Waals surface area contributed by atoms with E-state index in [9.17, 15) is 9.59 Å². The van der Waals surface area contributed by atoms with E-state index in [4.69, 9.17) is 0 Å². The summed E-state index contributed by atoms with van der Waals surface area (Å²) in [6, 6.07) is 10.4. The lowest BCUT2D eigenvalue weighted by molar-refractivity contribution is -0.129. The molecular formula is C18H27N3O2. The number of hydrogen-bond donors (Lipinski definition) is 1. The smallest absolute Gasteiger partial charge is 0.225 e. The molecule has 1 aromatic carbocycles. The largest absolute Gasteiger partial charge is 0.355 e. The highest BCUT2D eigenvalue weighted by Crippen LogP contribution is 2.20. The van der Waals surface area contributed by atoms with Crippen LogP contribution >= 0.6 is 0 Å². The van der Waals surface area contributed by atoms with Crippen LogP contribution in [0.2, 0.25) is 0 Å². The van der Waals surface area contributed by atoms with Gasteiger partial charge >= 0.3 is 0 Å². The standard InChI is InChI=1S/C18H27N3O2/c1-14(2)21-13-16(11-17(21)22)18(23)19-9-10-20(3)12-15-7-5-4-6-8-15/h4-8,14,16H,9-13H2,1-3H3,(H,19,23)/t16-/m1/s1. The van der Waals surface area contributed by atoms with E-state index in [0.29, 0.717) is 19.5 Å². The summed E-state index contributed by atoms with van der Waals surface area (Å²) in [5.74, 6) is -0.125. The Morgan fingerprint density at radius 3 is 2.65 bits per heavy atom. The lowest BCUT2D eigenvalue weighted by Crippen LogP contribution is -2.38. The first-order valence-electron chi connectivity index (χ1n) is 8.27. The average Bonchev–Trinajstić information content (AvgIpc) is 2.90. The molecule has 0 radical (unpaired) electrons. The molecule has 126 valence electrons. The van der Waals surface area contributed by atoms with E-state index < -0.39 is 0 Å². The van der Waals surface area contributed by atoms with Crippen molar-refractivity contribution >= 4 is 11.8 Å². The highest BCUT2D eigenvalue weighted by atomic mass is 16.2. The monoisotopic (exact) mass is 317 g/mol. The zero-order valence-electron chi connectivity index (χ0n) is 14.3. The zero-order valence-corrected chi connectivity index (χ0v) is 14.3. The summed E-state index contributed by atoms with van der Waals surface area (Å²) in [5.41, 5.74) is 1.26. The molecule has 5 heteroatoms. The fourth-order valence-corrected chi connectivity index (χ4v) is 2.89. The van der Waals surface area contributed by atoms with Gasteiger partial charge in [0.15, 0.2) is 0 Å². The summed E-state index contributed by atoms with van der Waals surface area (Å²) in [4.78, 5) is 28.0. The molecule has 1 aliphatic heterocycles. The van der Waals surface area contributed by atoms with Crippen molar-refractivity contribution in [1.82, 2.24) is 15.1 Å². The summed E-state index contributed by atoms with van der Waals surface area (Å²) >= 11 is 0. The number of carbonyl (C=O) groups is 2. The van der Waals surface area contributed by atoms with Gasteiger partial charge in [-0.1, -0.05) is 30.3 Å². The first kappa shape index (κ1) is 17.5. The first-order chi connectivity index (χ1) is 11.0. The first-order valence-corrected chi connectivity index (χ1v) is 8.27. The lowest BCUT2D eigenvalue weighted by Gasteiger charge is -2.21. The van der Waals surface area contributed by atoms with Gasteiger partial charge in [-0.05, 0) is 26.5 Å². The van der Waals surface area contributed by atoms with Crippen LogP contribution in [0, 0.1) is 5.92 Å². The van der Waals surface area contributed by atoms with Crippen LogP contribution in [0.4, 0.5) is 0 Å². The Balaban J connectivity index is 1.70. The topological polar surface area (TPSA) is 52.7 Å². The van der Waals surface area contributed by atoms with Gasteiger partial charge in [0.25, 0.3) is 0 Å². The van der Waals surface area contributed by atoms with Crippen LogP contribution in [0.5, 0.6) is 0 Å². The van der Waals surface area contributed by atoms with Crippen LogP contribution < -0.4 is 5.32 Å². The predicted octanol–water partition coefficient (Wildman–Crippen LogP) is 1.49. The number of amides is 2. The zero-order chi connectivity index (χ0) is 16.8. The van der Waals surface area contributed by atoms with Gasteiger partial charge in [0.2, 0.25) is 11.8 Å². The number of benzene rings is 1. The van der Waals surface area contributed by atoms with Crippen molar-refractivity contribution in [1.29, 1.82) is 0 Å². The molecule has 1 N–H and O–H groups in total. The minimum atomic E-state index is -0.204. The average molecular weight is 317 g/mol. The van der Waals surface area contributed by atoms with Gasteiger partial charge in [0, 0.05) is 38.6 Å². The van der Waals surface area contributed by atoms with Gasteiger partial charge < -0.3 is 15.1 Å². The summed E-state index contributed by atoms with van der Waals surface area (Å²) < 4.78 is 0. The van der Waals surface area contributed by atoms with Crippen LogP contribution in [-0.4, -0.2) is 54.3 Å². The van der Waals surface area contributed by atoms with Crippen LogP contribution in [0.3, 0.4) is 0 Å². The number of likely N-dealkylation sites (tertiary alicyclic amines) is 1. The molecule has 2 rings (SSSR count). The van der Waals surface area contributed by atoms with Crippen molar-refractivity contribution in [2.24, 2.45) is 5.92 Å². The number of nitrogens with zero attached hydrogens (tertiary/aromatic N) is 2. The minimum Gasteiger partial charge on any atom is -0.355 e. The molecule has 1 fully saturated rings. The van der Waals surface area contributed by atoms with Crippen molar-refractivity contribution < 1.29 is 9.59 Å². The third-order valence-corrected chi connectivity index (χ3v) is 4.24. The third-order valence-electron chi connectivity index (χ3n) is 4.24. The summed E-state index contributed by atoms with van der Waals surface area (Å²) in [6.07, 6.45) is 0.337. The quantitative estimate of drug-likeness (QED) is 0.829. The molecule has 1 heterocycles. The summed E-state index contributed by atoms with van der Waals surface area (Å²) in [6.45, 7) is 6.76. The van der Waals surface area contributed by atoms with Gasteiger partial charge in [-0.15, -0.1) is 0 Å². The van der Waals surface area contributed by atoms with Crippen molar-refractivity contribution in [2.45, 2.75) is 32.9 Å². The molecule has 0 unspecified atom stereocenters. The molecule has 0 aromatic heterocycles. The highest BCUT2D eigenvalue weighted by Gasteiger charge is 2.35. The van der Waals surface area contributed by atoms with Gasteiger partial charge in [0.05, 0.1) is 5.92 Å². The maximum atomic E-state index is 12.2. The van der Waals surface area contributed by atoms with E-state index in [0.717, 1.165) is 13.1 Å². The maximum absolute atomic E-state index is 12.2. The molecule has 0 spiro atoms. The van der Waals surface area contributed by atoms with Crippen LogP contribution in [-0.2, 0) is 16.1 Å². The summed E-state index contributed by atoms with van der Waals surface area (Å²) in [7, 11) is 2.04. The molecule has 1 atom stereocenters. The molecule has 23 heavy (non-hydrogen) atoms. The van der Waals surface area contributed by atoms with E-state index in [1.54, 1.807) is 4.90 Å². The number of rotatable bonds is 7. The van der Waals surface area contributed by atoms with Gasteiger partial charge in [-0.2, -0.15) is 0 Å². The molecule has 0 bridgehead atoms. The van der Waals surface area contributed by atoms with Crippen LogP contribution in [0.1, 0.15) is 25.8 Å². The number of likely N-dealkylation sites (N-methyl/N-ethyl adjacent to an activating group) is 1. The van der Waals surface area contributed by atoms with Crippen molar-refractivity contribution in [3.8, 4) is 0 Å². The van der Waals surface area contributed by atoms with Gasteiger partial charge in [-0.3, -0.25) is 9.59 Å². The van der Waals surface area contributed by atoms with Crippen molar-refractivity contribution in [3.63, 3.8) is 0 Å². The number of nitrogens with one attached hydrogen (secondary N) is 1. The maximum Gasteiger partial charge on any atom is 0.225 e. The molecule has 2 amide bonds. The molecule has 1 saturated heterocycles. The molecule has 1 aliphatic rings. The summed E-state index contributed by atoms with van der Waals surface area (Å²) in [5, 5.41) is 2.96. The molecule has 0 aliphatic carbocycles. The van der Waals surface area contributed by atoms with Crippen molar-refractivity contribution in [3.05, 3.63) is 35.9 Å². The Kier molecular flexibility index (Phi) is 6.16. The third kappa shape index (κ3) is 5.06. The fourth-order valence-electron chi connectivity index (χ4n) is 2.89. The Hall–Kier alpha value is -1.88. The molecular weight excluding hydrogens is 290 g/mol. The molecule has 0 saturated carbocycles. The second-order valence-corrected chi connectivity index (χ2v) is 6.56. The molecule has 5 nitrogen and oxygen atoms in total. The van der Waals surface area contributed by atoms with E-state index in [2.05, 4.69) is 22.3 Å². The van der Waals surface area contributed by atoms with Crippen molar-refractivity contribution in [2.75, 3.05) is 26.7 Å². The predicted molar refractivity (Wildman–Crippen MR) is 90.7 cm³/mol. The second-order valence-electron chi connectivity index (χ2n) is 6.56. The van der Waals surface area contributed by atoms with E-state index in [1.807, 2.05) is 39.1 Å².